The minimum Gasteiger partial charge on any atom is -0.454 e. The first-order chi connectivity index (χ1) is 17.8. The van der Waals surface area contributed by atoms with E-state index in [1.54, 1.807) is 18.2 Å². The molecule has 1 aliphatic rings. The molecule has 0 saturated carbocycles. The zero-order valence-electron chi connectivity index (χ0n) is 19.6. The van der Waals surface area contributed by atoms with Crippen molar-refractivity contribution in [3.8, 4) is 11.5 Å². The van der Waals surface area contributed by atoms with Crippen molar-refractivity contribution in [1.82, 2.24) is 9.44 Å². The molecule has 4 aromatic carbocycles. The Labute approximate surface area is 216 Å². The van der Waals surface area contributed by atoms with Crippen LogP contribution in [0.5, 0.6) is 11.5 Å². The van der Waals surface area contributed by atoms with Crippen molar-refractivity contribution in [3.05, 3.63) is 120 Å². The lowest BCUT2D eigenvalue weighted by molar-refractivity contribution is 0.174. The number of hydrogen-bond acceptors (Lipinski definition) is 6. The summed E-state index contributed by atoms with van der Waals surface area (Å²) in [6.07, 6.45) is 0. The number of sulfonamides is 2. The Morgan fingerprint density at radius 3 is 1.78 bits per heavy atom. The van der Waals surface area contributed by atoms with Crippen molar-refractivity contribution < 1.29 is 26.3 Å². The molecule has 1 aliphatic heterocycles. The number of benzene rings is 4. The molecule has 0 atom stereocenters. The summed E-state index contributed by atoms with van der Waals surface area (Å²) < 4.78 is 68.0. The van der Waals surface area contributed by atoms with E-state index in [1.807, 2.05) is 60.7 Å². The van der Waals surface area contributed by atoms with Gasteiger partial charge in [-0.25, -0.2) is 21.6 Å². The number of nitrogens with one attached hydrogen (secondary N) is 2. The van der Waals surface area contributed by atoms with E-state index >= 15 is 0 Å². The molecule has 190 valence electrons. The molecule has 8 nitrogen and oxygen atoms in total. The van der Waals surface area contributed by atoms with Gasteiger partial charge < -0.3 is 9.47 Å². The van der Waals surface area contributed by atoms with Crippen LogP contribution in [0.4, 0.5) is 0 Å². The summed E-state index contributed by atoms with van der Waals surface area (Å²) in [6.45, 7) is 0.169. The van der Waals surface area contributed by atoms with E-state index in [9.17, 15) is 16.8 Å². The average Bonchev–Trinajstić information content (AvgIpc) is 3.40. The lowest BCUT2D eigenvalue weighted by Crippen LogP contribution is -2.29. The van der Waals surface area contributed by atoms with Crippen LogP contribution < -0.4 is 18.9 Å². The van der Waals surface area contributed by atoms with Crippen molar-refractivity contribution in [2.75, 3.05) is 6.79 Å². The molecule has 37 heavy (non-hydrogen) atoms. The SMILES string of the molecule is O=S(=O)(NCc1ccc2c(c1)OCO2)c1ccc(S(=O)(=O)NC(c2ccccc2)c2ccccc2)cc1. The quantitative estimate of drug-likeness (QED) is 0.335. The van der Waals surface area contributed by atoms with Crippen LogP contribution in [0.15, 0.2) is 113 Å². The van der Waals surface area contributed by atoms with Crippen LogP contribution in [0.25, 0.3) is 0 Å². The standard InChI is InChI=1S/C27H24N2O6S2/c30-36(31,28-18-20-11-16-25-26(17-20)35-19-34-25)23-12-14-24(15-13-23)37(32,33)29-27(21-7-3-1-4-8-21)22-9-5-2-6-10-22/h1-17,27-29H,18-19H2. The molecule has 4 aromatic rings. The minimum atomic E-state index is -3.97. The van der Waals surface area contributed by atoms with Crippen LogP contribution in [-0.4, -0.2) is 23.6 Å². The molecule has 0 unspecified atom stereocenters. The van der Waals surface area contributed by atoms with Gasteiger partial charge in [-0.2, -0.15) is 4.72 Å². The van der Waals surface area contributed by atoms with Crippen molar-refractivity contribution in [2.45, 2.75) is 22.4 Å². The second-order valence-corrected chi connectivity index (χ2v) is 11.8. The highest BCUT2D eigenvalue weighted by Crippen LogP contribution is 2.32. The molecule has 0 bridgehead atoms. The Bertz CT molecular complexity index is 1550. The predicted octanol–water partition coefficient (Wildman–Crippen LogP) is 3.96. The van der Waals surface area contributed by atoms with Gasteiger partial charge in [0.15, 0.2) is 11.5 Å². The maximum absolute atomic E-state index is 13.3. The number of rotatable bonds is 9. The molecule has 0 aliphatic carbocycles. The van der Waals surface area contributed by atoms with E-state index in [0.717, 1.165) is 11.1 Å². The molecule has 0 fully saturated rings. The van der Waals surface area contributed by atoms with Crippen molar-refractivity contribution in [1.29, 1.82) is 0 Å². The third-order valence-electron chi connectivity index (χ3n) is 5.89. The van der Waals surface area contributed by atoms with Crippen molar-refractivity contribution >= 4 is 20.0 Å². The molecular formula is C27H24N2O6S2. The first kappa shape index (κ1) is 25.0. The fourth-order valence-electron chi connectivity index (χ4n) is 3.95. The Morgan fingerprint density at radius 1 is 0.649 bits per heavy atom. The number of hydrogen-bond donors (Lipinski definition) is 2. The van der Waals surface area contributed by atoms with Crippen LogP contribution >= 0.6 is 0 Å². The fraction of sp³-hybridized carbons (Fsp3) is 0.111. The summed E-state index contributed by atoms with van der Waals surface area (Å²) in [5.41, 5.74) is 2.26. The zero-order chi connectivity index (χ0) is 25.9. The van der Waals surface area contributed by atoms with Gasteiger partial charge in [-0.05, 0) is 53.1 Å². The van der Waals surface area contributed by atoms with E-state index in [0.29, 0.717) is 17.1 Å². The molecule has 10 heteroatoms. The Morgan fingerprint density at radius 2 is 1.19 bits per heavy atom. The molecule has 0 amide bonds. The maximum Gasteiger partial charge on any atom is 0.241 e. The van der Waals surface area contributed by atoms with E-state index in [2.05, 4.69) is 9.44 Å². The largest absolute Gasteiger partial charge is 0.454 e. The summed E-state index contributed by atoms with van der Waals surface area (Å²) in [6, 6.07) is 28.2. The van der Waals surface area contributed by atoms with Crippen LogP contribution in [0.3, 0.4) is 0 Å². The second kappa shape index (κ2) is 10.3. The topological polar surface area (TPSA) is 111 Å². The smallest absolute Gasteiger partial charge is 0.241 e. The third kappa shape index (κ3) is 5.67. The second-order valence-electron chi connectivity index (χ2n) is 8.36. The highest BCUT2D eigenvalue weighted by Gasteiger charge is 2.24. The Hall–Kier alpha value is -3.70. The zero-order valence-corrected chi connectivity index (χ0v) is 21.2. The maximum atomic E-state index is 13.3. The van der Waals surface area contributed by atoms with E-state index < -0.39 is 26.1 Å². The average molecular weight is 537 g/mol. The van der Waals surface area contributed by atoms with Gasteiger partial charge >= 0.3 is 0 Å². The van der Waals surface area contributed by atoms with Crippen molar-refractivity contribution in [2.24, 2.45) is 0 Å². The summed E-state index contributed by atoms with van der Waals surface area (Å²) >= 11 is 0. The minimum absolute atomic E-state index is 0.0381. The fourth-order valence-corrected chi connectivity index (χ4v) is 6.18. The first-order valence-corrected chi connectivity index (χ1v) is 14.4. The molecule has 0 spiro atoms. The van der Waals surface area contributed by atoms with Crippen LogP contribution in [0, 0.1) is 0 Å². The molecular weight excluding hydrogens is 512 g/mol. The van der Waals surface area contributed by atoms with Gasteiger partial charge in [-0.3, -0.25) is 0 Å². The number of ether oxygens (including phenoxy) is 2. The highest BCUT2D eigenvalue weighted by molar-refractivity contribution is 7.90. The predicted molar refractivity (Wildman–Crippen MR) is 138 cm³/mol. The third-order valence-corrected chi connectivity index (χ3v) is 8.74. The van der Waals surface area contributed by atoms with Gasteiger partial charge in [-0.1, -0.05) is 66.7 Å². The van der Waals surface area contributed by atoms with Gasteiger partial charge in [-0.15, -0.1) is 0 Å². The van der Waals surface area contributed by atoms with Crippen molar-refractivity contribution in [3.63, 3.8) is 0 Å². The molecule has 2 N–H and O–H groups in total. The Kier molecular flexibility index (Phi) is 6.98. The van der Waals surface area contributed by atoms with E-state index in [-0.39, 0.29) is 23.1 Å². The molecule has 0 saturated heterocycles. The molecule has 1 heterocycles. The van der Waals surface area contributed by atoms with Crippen LogP contribution in [0.2, 0.25) is 0 Å². The highest BCUT2D eigenvalue weighted by atomic mass is 32.2. The van der Waals surface area contributed by atoms with E-state index in [4.69, 9.17) is 9.47 Å². The van der Waals surface area contributed by atoms with Gasteiger partial charge in [0.1, 0.15) is 0 Å². The monoisotopic (exact) mass is 536 g/mol. The van der Waals surface area contributed by atoms with Crippen LogP contribution in [-0.2, 0) is 26.6 Å². The Balaban J connectivity index is 1.32. The summed E-state index contributed by atoms with van der Waals surface area (Å²) in [5, 5.41) is 0. The van der Waals surface area contributed by atoms with Gasteiger partial charge in [0, 0.05) is 6.54 Å². The van der Waals surface area contributed by atoms with Gasteiger partial charge in [0.05, 0.1) is 15.8 Å². The number of fused-ring (bicyclic) bond motifs is 1. The van der Waals surface area contributed by atoms with Crippen LogP contribution in [0.1, 0.15) is 22.7 Å². The lowest BCUT2D eigenvalue weighted by atomic mass is 10.00. The molecule has 5 rings (SSSR count). The summed E-state index contributed by atoms with van der Waals surface area (Å²) in [5.74, 6) is 1.17. The van der Waals surface area contributed by atoms with Gasteiger partial charge in [0.25, 0.3) is 0 Å². The summed E-state index contributed by atoms with van der Waals surface area (Å²) in [7, 11) is -7.85. The molecule has 0 radical (unpaired) electrons. The first-order valence-electron chi connectivity index (χ1n) is 11.4. The lowest BCUT2D eigenvalue weighted by Gasteiger charge is -2.20. The summed E-state index contributed by atoms with van der Waals surface area (Å²) in [4.78, 5) is -0.0889. The normalized spacial score (nSPS) is 13.1. The van der Waals surface area contributed by atoms with Gasteiger partial charge in [0.2, 0.25) is 26.8 Å². The van der Waals surface area contributed by atoms with E-state index in [1.165, 1.54) is 24.3 Å². The molecule has 0 aromatic heterocycles.